The molecule has 1 amide bonds. The number of halogens is 1. The Balaban J connectivity index is 0.00000338. The lowest BCUT2D eigenvalue weighted by Crippen LogP contribution is -2.10. The number of sulfone groups is 1. The Kier molecular flexibility index (Phi) is 8.77. The molecule has 3 N–H and O–H groups in total. The van der Waals surface area contributed by atoms with Crippen molar-refractivity contribution in [2.24, 2.45) is 5.73 Å². The fraction of sp³-hybridized carbons (Fsp3) is 0.412. The first-order chi connectivity index (χ1) is 11.9. The van der Waals surface area contributed by atoms with Gasteiger partial charge in [0.05, 0.1) is 28.7 Å². The Hall–Kier alpha value is -1.90. The number of aromatic nitrogens is 2. The monoisotopic (exact) mass is 400 g/mol. The van der Waals surface area contributed by atoms with Crippen molar-refractivity contribution < 1.29 is 13.2 Å². The molecule has 0 saturated heterocycles. The fourth-order valence-corrected chi connectivity index (χ4v) is 3.35. The number of carbonyl (C=O) groups is 1. The van der Waals surface area contributed by atoms with Crippen molar-refractivity contribution in [3.8, 4) is 5.69 Å². The van der Waals surface area contributed by atoms with Gasteiger partial charge in [-0.3, -0.25) is 4.79 Å². The zero-order chi connectivity index (χ0) is 18.3. The van der Waals surface area contributed by atoms with Crippen LogP contribution in [-0.2, 0) is 14.6 Å². The van der Waals surface area contributed by atoms with Crippen molar-refractivity contribution in [3.63, 3.8) is 0 Å². The highest BCUT2D eigenvalue weighted by Gasteiger charge is 2.15. The van der Waals surface area contributed by atoms with Gasteiger partial charge in [-0.1, -0.05) is 25.0 Å². The normalized spacial score (nSPS) is 11.0. The molecule has 2 rings (SSSR count). The Labute approximate surface area is 160 Å². The number of anilines is 1. The molecule has 7 nitrogen and oxygen atoms in total. The summed E-state index contributed by atoms with van der Waals surface area (Å²) >= 11 is 0. The third-order valence-electron chi connectivity index (χ3n) is 3.74. The summed E-state index contributed by atoms with van der Waals surface area (Å²) in [6.45, 7) is 0.681. The minimum absolute atomic E-state index is 0. The van der Waals surface area contributed by atoms with Crippen LogP contribution in [0.4, 0.5) is 5.69 Å². The van der Waals surface area contributed by atoms with E-state index in [-0.39, 0.29) is 23.2 Å². The van der Waals surface area contributed by atoms with Crippen molar-refractivity contribution >= 4 is 33.8 Å². The Bertz CT molecular complexity index is 821. The van der Waals surface area contributed by atoms with Gasteiger partial charge in [-0.25, -0.2) is 13.1 Å². The molecule has 0 atom stereocenters. The second-order valence-electron chi connectivity index (χ2n) is 5.91. The van der Waals surface area contributed by atoms with E-state index in [1.165, 1.54) is 16.9 Å². The first-order valence-electron chi connectivity index (χ1n) is 8.26. The number of hydrogen-bond donors (Lipinski definition) is 2. The molecule has 1 aromatic carbocycles. The molecule has 0 aliphatic rings. The van der Waals surface area contributed by atoms with Crippen LogP contribution in [0.25, 0.3) is 5.69 Å². The van der Waals surface area contributed by atoms with E-state index in [9.17, 15) is 13.2 Å². The molecule has 0 unspecified atom stereocenters. The number of nitrogens with zero attached hydrogens (tertiary/aromatic N) is 2. The maximum absolute atomic E-state index is 11.9. The Morgan fingerprint density at radius 3 is 2.58 bits per heavy atom. The molecule has 0 aliphatic heterocycles. The van der Waals surface area contributed by atoms with Gasteiger partial charge in [-0.05, 0) is 31.5 Å². The summed E-state index contributed by atoms with van der Waals surface area (Å²) in [7, 11) is -3.37. The van der Waals surface area contributed by atoms with Gasteiger partial charge in [0.1, 0.15) is 0 Å². The number of rotatable bonds is 9. The molecule has 0 saturated carbocycles. The largest absolute Gasteiger partial charge is 0.330 e. The molecular weight excluding hydrogens is 376 g/mol. The molecule has 26 heavy (non-hydrogen) atoms. The molecule has 1 heterocycles. The van der Waals surface area contributed by atoms with Crippen LogP contribution in [0.1, 0.15) is 32.1 Å². The third-order valence-corrected chi connectivity index (χ3v) is 4.88. The minimum atomic E-state index is -3.37. The van der Waals surface area contributed by atoms with E-state index in [0.717, 1.165) is 31.9 Å². The molecule has 0 aliphatic carbocycles. The van der Waals surface area contributed by atoms with E-state index in [2.05, 4.69) is 10.4 Å². The first-order valence-corrected chi connectivity index (χ1v) is 10.1. The van der Waals surface area contributed by atoms with Crippen LogP contribution >= 0.6 is 12.4 Å². The van der Waals surface area contributed by atoms with E-state index in [4.69, 9.17) is 5.73 Å². The number of para-hydroxylation sites is 1. The SMILES string of the molecule is CS(=O)(=O)c1ccccc1-n1cc(NC(=O)CCCCCCN)cn1.Cl. The van der Waals surface area contributed by atoms with Crippen molar-refractivity contribution in [1.29, 1.82) is 0 Å². The average molecular weight is 401 g/mol. The summed E-state index contributed by atoms with van der Waals surface area (Å²) in [4.78, 5) is 12.1. The van der Waals surface area contributed by atoms with E-state index in [1.54, 1.807) is 24.4 Å². The van der Waals surface area contributed by atoms with Gasteiger partial charge >= 0.3 is 0 Å². The van der Waals surface area contributed by atoms with Crippen molar-refractivity contribution in [2.45, 2.75) is 37.0 Å². The number of nitrogens with two attached hydrogens (primary N) is 1. The van der Waals surface area contributed by atoms with E-state index >= 15 is 0 Å². The van der Waals surface area contributed by atoms with Gasteiger partial charge in [0.25, 0.3) is 0 Å². The zero-order valence-corrected chi connectivity index (χ0v) is 16.4. The quantitative estimate of drug-likeness (QED) is 0.629. The van der Waals surface area contributed by atoms with E-state index < -0.39 is 9.84 Å². The first kappa shape index (κ1) is 22.1. The number of benzene rings is 1. The smallest absolute Gasteiger partial charge is 0.224 e. The number of hydrogen-bond acceptors (Lipinski definition) is 5. The highest BCUT2D eigenvalue weighted by Crippen LogP contribution is 2.20. The van der Waals surface area contributed by atoms with Gasteiger partial charge < -0.3 is 11.1 Å². The van der Waals surface area contributed by atoms with Crippen molar-refractivity contribution in [3.05, 3.63) is 36.7 Å². The minimum Gasteiger partial charge on any atom is -0.330 e. The summed E-state index contributed by atoms with van der Waals surface area (Å²) in [5.41, 5.74) is 6.42. The van der Waals surface area contributed by atoms with Crippen molar-refractivity contribution in [1.82, 2.24) is 9.78 Å². The summed E-state index contributed by atoms with van der Waals surface area (Å²) in [5.74, 6) is -0.0799. The highest BCUT2D eigenvalue weighted by atomic mass is 35.5. The Morgan fingerprint density at radius 2 is 1.88 bits per heavy atom. The van der Waals surface area contributed by atoms with E-state index in [0.29, 0.717) is 24.3 Å². The third kappa shape index (κ3) is 6.44. The number of unbranched alkanes of at least 4 members (excludes halogenated alkanes) is 3. The summed E-state index contributed by atoms with van der Waals surface area (Å²) < 4.78 is 25.2. The molecular formula is C17H25ClN4O3S. The molecule has 0 radical (unpaired) electrons. The number of amides is 1. The second kappa shape index (κ2) is 10.3. The molecule has 9 heteroatoms. The van der Waals surface area contributed by atoms with Gasteiger partial charge in [0, 0.05) is 12.7 Å². The average Bonchev–Trinajstić information content (AvgIpc) is 3.02. The molecule has 0 fully saturated rings. The lowest BCUT2D eigenvalue weighted by molar-refractivity contribution is -0.116. The van der Waals surface area contributed by atoms with Crippen molar-refractivity contribution in [2.75, 3.05) is 18.1 Å². The van der Waals surface area contributed by atoms with Crippen LogP contribution < -0.4 is 11.1 Å². The number of carbonyl (C=O) groups excluding carboxylic acids is 1. The van der Waals surface area contributed by atoms with Gasteiger partial charge in [-0.2, -0.15) is 5.10 Å². The Morgan fingerprint density at radius 1 is 1.19 bits per heavy atom. The van der Waals surface area contributed by atoms with Gasteiger partial charge in [0.15, 0.2) is 9.84 Å². The zero-order valence-electron chi connectivity index (χ0n) is 14.7. The van der Waals surface area contributed by atoms with Crippen LogP contribution in [0.5, 0.6) is 0 Å². The molecule has 1 aromatic heterocycles. The lowest BCUT2D eigenvalue weighted by Gasteiger charge is -2.07. The maximum atomic E-state index is 11.9. The second-order valence-corrected chi connectivity index (χ2v) is 7.90. The van der Waals surface area contributed by atoms with Crippen LogP contribution in [0.2, 0.25) is 0 Å². The van der Waals surface area contributed by atoms with Crippen LogP contribution in [0.3, 0.4) is 0 Å². The topological polar surface area (TPSA) is 107 Å². The molecule has 2 aromatic rings. The molecule has 144 valence electrons. The fourth-order valence-electron chi connectivity index (χ4n) is 2.49. The van der Waals surface area contributed by atoms with Crippen LogP contribution in [-0.4, -0.2) is 36.9 Å². The summed E-state index contributed by atoms with van der Waals surface area (Å²) in [6, 6.07) is 6.61. The maximum Gasteiger partial charge on any atom is 0.224 e. The predicted molar refractivity (Wildman–Crippen MR) is 105 cm³/mol. The number of nitrogens with one attached hydrogen (secondary N) is 1. The predicted octanol–water partition coefficient (Wildman–Crippen LogP) is 2.55. The van der Waals surface area contributed by atoms with E-state index in [1.807, 2.05) is 0 Å². The standard InChI is InChI=1S/C17H24N4O3S.ClH/c1-25(23,24)16-9-6-5-8-15(16)21-13-14(12-19-21)20-17(22)10-4-2-3-7-11-18;/h5-6,8-9,12-13H,2-4,7,10-11,18H2,1H3,(H,20,22);1H. The van der Waals surface area contributed by atoms with Gasteiger partial charge in [-0.15, -0.1) is 12.4 Å². The lowest BCUT2D eigenvalue weighted by atomic mass is 10.1. The summed E-state index contributed by atoms with van der Waals surface area (Å²) in [6.07, 6.45) is 8.51. The van der Waals surface area contributed by atoms with Crippen LogP contribution in [0.15, 0.2) is 41.6 Å². The summed E-state index contributed by atoms with van der Waals surface area (Å²) in [5, 5.41) is 6.94. The van der Waals surface area contributed by atoms with Crippen LogP contribution in [0, 0.1) is 0 Å². The molecule has 0 bridgehead atoms. The highest BCUT2D eigenvalue weighted by molar-refractivity contribution is 7.90. The van der Waals surface area contributed by atoms with Gasteiger partial charge in [0.2, 0.25) is 5.91 Å². The molecule has 0 spiro atoms.